The van der Waals surface area contributed by atoms with Crippen LogP contribution in [0.2, 0.25) is 0 Å². The normalized spacial score (nSPS) is 23.8. The summed E-state index contributed by atoms with van der Waals surface area (Å²) in [5.74, 6) is -0.292. The molecule has 5 heteroatoms. The molecule has 4 nitrogen and oxygen atoms in total. The van der Waals surface area contributed by atoms with Crippen molar-refractivity contribution in [3.8, 4) is 0 Å². The molecular formula is C15H17ClN2O2. The van der Waals surface area contributed by atoms with Gasteiger partial charge in [0.05, 0.1) is 6.54 Å². The summed E-state index contributed by atoms with van der Waals surface area (Å²) in [5, 5.41) is 2.80. The average molecular weight is 293 g/mol. The zero-order valence-corrected chi connectivity index (χ0v) is 12.3. The van der Waals surface area contributed by atoms with E-state index in [4.69, 9.17) is 11.6 Å². The lowest BCUT2D eigenvalue weighted by Gasteiger charge is -2.40. The van der Waals surface area contributed by atoms with Crippen LogP contribution >= 0.6 is 11.6 Å². The van der Waals surface area contributed by atoms with Gasteiger partial charge in [-0.1, -0.05) is 41.9 Å². The van der Waals surface area contributed by atoms with Crippen LogP contribution in [0.15, 0.2) is 41.4 Å². The second-order valence-electron chi connectivity index (χ2n) is 5.16. The molecule has 20 heavy (non-hydrogen) atoms. The second kappa shape index (κ2) is 5.67. The third kappa shape index (κ3) is 2.70. The van der Waals surface area contributed by atoms with E-state index in [1.54, 1.807) is 6.92 Å². The quantitative estimate of drug-likeness (QED) is 0.926. The summed E-state index contributed by atoms with van der Waals surface area (Å²) in [7, 11) is 0. The summed E-state index contributed by atoms with van der Waals surface area (Å²) >= 11 is 5.64. The second-order valence-corrected chi connectivity index (χ2v) is 5.37. The van der Waals surface area contributed by atoms with E-state index < -0.39 is 5.54 Å². The Morgan fingerprint density at radius 1 is 1.40 bits per heavy atom. The summed E-state index contributed by atoms with van der Waals surface area (Å²) < 4.78 is 0. The Morgan fingerprint density at radius 2 is 2.05 bits per heavy atom. The summed E-state index contributed by atoms with van der Waals surface area (Å²) in [4.78, 5) is 26.1. The van der Waals surface area contributed by atoms with Gasteiger partial charge < -0.3 is 10.2 Å². The summed E-state index contributed by atoms with van der Waals surface area (Å²) in [6.45, 7) is 3.97. The lowest BCUT2D eigenvalue weighted by molar-refractivity contribution is -0.149. The van der Waals surface area contributed by atoms with Gasteiger partial charge in [0.1, 0.15) is 5.54 Å². The number of hydrogen-bond donors (Lipinski definition) is 1. The molecule has 1 atom stereocenters. The lowest BCUT2D eigenvalue weighted by Crippen LogP contribution is -2.63. The molecule has 1 aromatic carbocycles. The topological polar surface area (TPSA) is 49.4 Å². The van der Waals surface area contributed by atoms with Crippen LogP contribution in [0, 0.1) is 0 Å². The van der Waals surface area contributed by atoms with Crippen LogP contribution in [0.5, 0.6) is 0 Å². The minimum atomic E-state index is -1.02. The fourth-order valence-electron chi connectivity index (χ4n) is 2.36. The molecule has 1 aliphatic heterocycles. The van der Waals surface area contributed by atoms with E-state index in [9.17, 15) is 9.59 Å². The highest BCUT2D eigenvalue weighted by Crippen LogP contribution is 2.26. The van der Waals surface area contributed by atoms with Crippen LogP contribution in [-0.2, 0) is 15.1 Å². The molecule has 1 heterocycles. The molecule has 0 aromatic heterocycles. The maximum Gasteiger partial charge on any atom is 0.253 e. The third-order valence-electron chi connectivity index (χ3n) is 3.42. The van der Waals surface area contributed by atoms with E-state index in [1.165, 1.54) is 10.4 Å². The van der Waals surface area contributed by atoms with Crippen molar-refractivity contribution >= 4 is 23.4 Å². The first-order chi connectivity index (χ1) is 9.47. The van der Waals surface area contributed by atoms with Gasteiger partial charge in [-0.2, -0.15) is 0 Å². The SMILES string of the molecule is C/C(=C/Cl)CN1CC(=O)NC(C)(c2ccccc2)C1=O. The first kappa shape index (κ1) is 14.6. The van der Waals surface area contributed by atoms with Gasteiger partial charge in [0, 0.05) is 12.1 Å². The molecule has 1 saturated heterocycles. The van der Waals surface area contributed by atoms with Crippen LogP contribution in [-0.4, -0.2) is 29.8 Å². The number of benzene rings is 1. The van der Waals surface area contributed by atoms with Crippen molar-refractivity contribution in [3.63, 3.8) is 0 Å². The van der Waals surface area contributed by atoms with Crippen molar-refractivity contribution < 1.29 is 9.59 Å². The van der Waals surface area contributed by atoms with Crippen LogP contribution in [0.4, 0.5) is 0 Å². The Labute approximate surface area is 123 Å². The van der Waals surface area contributed by atoms with Crippen molar-refractivity contribution in [2.45, 2.75) is 19.4 Å². The summed E-state index contributed by atoms with van der Waals surface area (Å²) in [5.41, 5.74) is 2.02. The highest BCUT2D eigenvalue weighted by Gasteiger charge is 2.44. The Morgan fingerprint density at radius 3 is 2.65 bits per heavy atom. The first-order valence-corrected chi connectivity index (χ1v) is 6.83. The average Bonchev–Trinajstić information content (AvgIpc) is 2.45. The van der Waals surface area contributed by atoms with Gasteiger partial charge in [0.15, 0.2) is 0 Å². The Bertz CT molecular complexity index is 556. The minimum absolute atomic E-state index is 0.0589. The molecule has 1 fully saturated rings. The predicted octanol–water partition coefficient (Wildman–Crippen LogP) is 2.00. The molecule has 1 aliphatic rings. The highest BCUT2D eigenvalue weighted by atomic mass is 35.5. The molecule has 2 rings (SSSR count). The van der Waals surface area contributed by atoms with Gasteiger partial charge in [-0.15, -0.1) is 0 Å². The number of nitrogens with one attached hydrogen (secondary N) is 1. The molecule has 1 aromatic rings. The number of halogens is 1. The number of nitrogens with zero attached hydrogens (tertiary/aromatic N) is 1. The summed E-state index contributed by atoms with van der Waals surface area (Å²) in [6.07, 6.45) is 0. The molecular weight excluding hydrogens is 276 g/mol. The van der Waals surface area contributed by atoms with Gasteiger partial charge in [-0.25, -0.2) is 0 Å². The molecule has 106 valence electrons. The highest BCUT2D eigenvalue weighted by molar-refractivity contribution is 6.25. The summed E-state index contributed by atoms with van der Waals surface area (Å²) in [6, 6.07) is 9.25. The number of amides is 2. The first-order valence-electron chi connectivity index (χ1n) is 6.39. The van der Waals surface area contributed by atoms with Gasteiger partial charge in [-0.05, 0) is 25.0 Å². The minimum Gasteiger partial charge on any atom is -0.337 e. The third-order valence-corrected chi connectivity index (χ3v) is 3.79. The fraction of sp³-hybridized carbons (Fsp3) is 0.333. The maximum atomic E-state index is 12.7. The van der Waals surface area contributed by atoms with Gasteiger partial charge in [-0.3, -0.25) is 9.59 Å². The van der Waals surface area contributed by atoms with Crippen LogP contribution in [0.25, 0.3) is 0 Å². The fourth-order valence-corrected chi connectivity index (χ4v) is 2.43. The van der Waals surface area contributed by atoms with Crippen LogP contribution in [0.3, 0.4) is 0 Å². The van der Waals surface area contributed by atoms with Crippen molar-refractivity contribution in [1.82, 2.24) is 10.2 Å². The van der Waals surface area contributed by atoms with E-state index in [-0.39, 0.29) is 18.4 Å². The van der Waals surface area contributed by atoms with Gasteiger partial charge in [0.2, 0.25) is 5.91 Å². The van der Waals surface area contributed by atoms with E-state index in [0.717, 1.165) is 11.1 Å². The number of carbonyl (C=O) groups is 2. The van der Waals surface area contributed by atoms with Crippen molar-refractivity contribution in [1.29, 1.82) is 0 Å². The standard InChI is InChI=1S/C15H17ClN2O2/c1-11(8-16)9-18-10-13(19)17-15(2,14(18)20)12-6-4-3-5-7-12/h3-8H,9-10H2,1-2H3,(H,17,19)/b11-8-. The molecule has 1 N–H and O–H groups in total. The smallest absolute Gasteiger partial charge is 0.253 e. The van der Waals surface area contributed by atoms with E-state index in [0.29, 0.717) is 6.54 Å². The van der Waals surface area contributed by atoms with Crippen molar-refractivity contribution in [2.24, 2.45) is 0 Å². The molecule has 0 aliphatic carbocycles. The van der Waals surface area contributed by atoms with E-state index in [1.807, 2.05) is 37.3 Å². The predicted molar refractivity (Wildman–Crippen MR) is 78.1 cm³/mol. The molecule has 1 unspecified atom stereocenters. The molecule has 0 radical (unpaired) electrons. The Kier molecular flexibility index (Phi) is 4.14. The van der Waals surface area contributed by atoms with Crippen LogP contribution < -0.4 is 5.32 Å². The molecule has 0 spiro atoms. The van der Waals surface area contributed by atoms with E-state index in [2.05, 4.69) is 5.32 Å². The lowest BCUT2D eigenvalue weighted by atomic mass is 9.88. The van der Waals surface area contributed by atoms with Gasteiger partial charge in [0.25, 0.3) is 5.91 Å². The zero-order valence-electron chi connectivity index (χ0n) is 11.5. The Hall–Kier alpha value is -1.81. The number of carbonyl (C=O) groups excluding carboxylic acids is 2. The van der Waals surface area contributed by atoms with Gasteiger partial charge >= 0.3 is 0 Å². The van der Waals surface area contributed by atoms with Crippen molar-refractivity contribution in [2.75, 3.05) is 13.1 Å². The Balaban J connectivity index is 2.34. The van der Waals surface area contributed by atoms with E-state index >= 15 is 0 Å². The largest absolute Gasteiger partial charge is 0.337 e. The number of rotatable bonds is 3. The molecule has 0 saturated carbocycles. The number of hydrogen-bond acceptors (Lipinski definition) is 2. The molecule has 2 amide bonds. The number of piperazine rings is 1. The van der Waals surface area contributed by atoms with Crippen molar-refractivity contribution in [3.05, 3.63) is 47.0 Å². The molecule has 0 bridgehead atoms. The monoisotopic (exact) mass is 292 g/mol. The van der Waals surface area contributed by atoms with Crippen LogP contribution in [0.1, 0.15) is 19.4 Å². The zero-order chi connectivity index (χ0) is 14.8. The maximum absolute atomic E-state index is 12.7.